The van der Waals surface area contributed by atoms with Gasteiger partial charge in [0, 0.05) is 19.3 Å². The summed E-state index contributed by atoms with van der Waals surface area (Å²) in [5.41, 5.74) is 1.02. The van der Waals surface area contributed by atoms with Gasteiger partial charge in [0.2, 0.25) is 10.0 Å². The molecule has 0 aliphatic heterocycles. The van der Waals surface area contributed by atoms with Gasteiger partial charge in [-0.25, -0.2) is 23.1 Å². The van der Waals surface area contributed by atoms with Crippen LogP contribution in [-0.4, -0.2) is 31.5 Å². The van der Waals surface area contributed by atoms with Gasteiger partial charge in [0.1, 0.15) is 11.6 Å². The smallest absolute Gasteiger partial charge is 0.240 e. The van der Waals surface area contributed by atoms with Crippen molar-refractivity contribution >= 4 is 15.8 Å². The van der Waals surface area contributed by atoms with E-state index in [9.17, 15) is 8.42 Å². The van der Waals surface area contributed by atoms with Crippen LogP contribution in [0.5, 0.6) is 0 Å². The molecule has 0 spiro atoms. The van der Waals surface area contributed by atoms with E-state index < -0.39 is 10.0 Å². The molecule has 1 aromatic heterocycles. The summed E-state index contributed by atoms with van der Waals surface area (Å²) in [7, 11) is -3.46. The van der Waals surface area contributed by atoms with Crippen LogP contribution in [0.3, 0.4) is 0 Å². The van der Waals surface area contributed by atoms with Crippen LogP contribution in [0, 0.1) is 13.8 Å². The molecule has 0 atom stereocenters. The molecule has 112 valence electrons. The minimum atomic E-state index is -3.46. The van der Waals surface area contributed by atoms with E-state index in [0.717, 1.165) is 5.56 Å². The van der Waals surface area contributed by atoms with Crippen LogP contribution in [0.15, 0.2) is 41.4 Å². The molecule has 0 amide bonds. The van der Waals surface area contributed by atoms with Crippen molar-refractivity contribution in [2.45, 2.75) is 18.7 Å². The number of aromatic nitrogens is 2. The Hall–Kier alpha value is -1.99. The summed E-state index contributed by atoms with van der Waals surface area (Å²) in [4.78, 5) is 8.44. The normalized spacial score (nSPS) is 11.3. The minimum absolute atomic E-state index is 0.269. The molecule has 1 heterocycles. The first-order valence-electron chi connectivity index (χ1n) is 6.57. The lowest BCUT2D eigenvalue weighted by molar-refractivity contribution is 0.583. The average molecular weight is 306 g/mol. The van der Waals surface area contributed by atoms with Crippen molar-refractivity contribution in [1.29, 1.82) is 0 Å². The van der Waals surface area contributed by atoms with Crippen LogP contribution in [-0.2, 0) is 10.0 Å². The molecule has 21 heavy (non-hydrogen) atoms. The van der Waals surface area contributed by atoms with Gasteiger partial charge in [-0.1, -0.05) is 17.7 Å². The number of aryl methyl sites for hydroxylation is 2. The second-order valence-electron chi connectivity index (χ2n) is 4.63. The molecule has 2 N–H and O–H groups in total. The van der Waals surface area contributed by atoms with Crippen molar-refractivity contribution in [3.05, 3.63) is 47.9 Å². The second kappa shape index (κ2) is 6.64. The van der Waals surface area contributed by atoms with Gasteiger partial charge in [-0.2, -0.15) is 0 Å². The predicted molar refractivity (Wildman–Crippen MR) is 81.6 cm³/mol. The van der Waals surface area contributed by atoms with Crippen molar-refractivity contribution in [3.63, 3.8) is 0 Å². The maximum Gasteiger partial charge on any atom is 0.240 e. The monoisotopic (exact) mass is 306 g/mol. The topological polar surface area (TPSA) is 84.0 Å². The van der Waals surface area contributed by atoms with Crippen LogP contribution in [0.1, 0.15) is 11.4 Å². The van der Waals surface area contributed by atoms with Crippen molar-refractivity contribution < 1.29 is 8.42 Å². The summed E-state index contributed by atoms with van der Waals surface area (Å²) in [6, 6.07) is 8.48. The lowest BCUT2D eigenvalue weighted by atomic mass is 10.2. The highest BCUT2D eigenvalue weighted by molar-refractivity contribution is 7.89. The fourth-order valence-electron chi connectivity index (χ4n) is 1.73. The zero-order chi connectivity index (χ0) is 15.3. The number of sulfonamides is 1. The third-order valence-corrected chi connectivity index (χ3v) is 4.31. The van der Waals surface area contributed by atoms with Crippen molar-refractivity contribution in [1.82, 2.24) is 14.7 Å². The van der Waals surface area contributed by atoms with E-state index in [2.05, 4.69) is 20.0 Å². The quantitative estimate of drug-likeness (QED) is 0.790. The molecule has 0 bridgehead atoms. The molecule has 0 aliphatic rings. The molecule has 2 aromatic rings. The highest BCUT2D eigenvalue weighted by atomic mass is 32.2. The SMILES string of the molecule is Cc1ccc(S(=O)(=O)NCCNc2ccnc(C)n2)cc1. The maximum absolute atomic E-state index is 12.0. The van der Waals surface area contributed by atoms with Crippen molar-refractivity contribution in [3.8, 4) is 0 Å². The van der Waals surface area contributed by atoms with Crippen LogP contribution in [0.2, 0.25) is 0 Å². The molecule has 0 radical (unpaired) electrons. The molecule has 1 aromatic carbocycles. The Morgan fingerprint density at radius 1 is 1.05 bits per heavy atom. The molecule has 0 saturated heterocycles. The van der Waals surface area contributed by atoms with E-state index in [1.54, 1.807) is 43.5 Å². The number of anilines is 1. The fourth-order valence-corrected chi connectivity index (χ4v) is 2.76. The standard InChI is InChI=1S/C14H18N4O2S/c1-11-3-5-13(6-4-11)21(19,20)17-10-9-16-14-7-8-15-12(2)18-14/h3-8,17H,9-10H2,1-2H3,(H,15,16,18). The second-order valence-corrected chi connectivity index (χ2v) is 6.39. The van der Waals surface area contributed by atoms with E-state index in [1.165, 1.54) is 0 Å². The van der Waals surface area contributed by atoms with Gasteiger partial charge in [-0.05, 0) is 32.0 Å². The highest BCUT2D eigenvalue weighted by Crippen LogP contribution is 2.09. The maximum atomic E-state index is 12.0. The van der Waals surface area contributed by atoms with Gasteiger partial charge in [0.05, 0.1) is 4.90 Å². The first-order chi connectivity index (χ1) is 9.97. The highest BCUT2D eigenvalue weighted by Gasteiger charge is 2.12. The third kappa shape index (κ3) is 4.51. The number of nitrogens with one attached hydrogen (secondary N) is 2. The molecule has 0 saturated carbocycles. The van der Waals surface area contributed by atoms with Crippen LogP contribution >= 0.6 is 0 Å². The van der Waals surface area contributed by atoms with Crippen LogP contribution in [0.4, 0.5) is 5.82 Å². The van der Waals surface area contributed by atoms with E-state index >= 15 is 0 Å². The Kier molecular flexibility index (Phi) is 4.87. The van der Waals surface area contributed by atoms with Gasteiger partial charge >= 0.3 is 0 Å². The summed E-state index contributed by atoms with van der Waals surface area (Å²) >= 11 is 0. The van der Waals surface area contributed by atoms with Crippen molar-refractivity contribution in [2.24, 2.45) is 0 Å². The van der Waals surface area contributed by atoms with Gasteiger partial charge < -0.3 is 5.32 Å². The minimum Gasteiger partial charge on any atom is -0.369 e. The van der Waals surface area contributed by atoms with Crippen molar-refractivity contribution in [2.75, 3.05) is 18.4 Å². The van der Waals surface area contributed by atoms with Gasteiger partial charge in [0.15, 0.2) is 0 Å². The fraction of sp³-hybridized carbons (Fsp3) is 0.286. The molecule has 7 heteroatoms. The molecule has 0 fully saturated rings. The Labute approximate surface area is 124 Å². The predicted octanol–water partition coefficient (Wildman–Crippen LogP) is 1.48. The summed E-state index contributed by atoms with van der Waals surface area (Å²) in [6.45, 7) is 4.43. The zero-order valence-corrected chi connectivity index (χ0v) is 12.8. The number of benzene rings is 1. The Morgan fingerprint density at radius 3 is 2.43 bits per heavy atom. The lowest BCUT2D eigenvalue weighted by Crippen LogP contribution is -2.29. The Balaban J connectivity index is 1.86. The summed E-state index contributed by atoms with van der Waals surface area (Å²) < 4.78 is 26.6. The number of nitrogens with zero attached hydrogens (tertiary/aromatic N) is 2. The first-order valence-corrected chi connectivity index (χ1v) is 8.05. The van der Waals surface area contributed by atoms with Crippen LogP contribution < -0.4 is 10.0 Å². The molecular formula is C14H18N4O2S. The van der Waals surface area contributed by atoms with E-state index in [-0.39, 0.29) is 11.4 Å². The molecule has 0 unspecified atom stereocenters. The number of hydrogen-bond acceptors (Lipinski definition) is 5. The average Bonchev–Trinajstić information content (AvgIpc) is 2.44. The third-order valence-electron chi connectivity index (χ3n) is 2.83. The van der Waals surface area contributed by atoms with E-state index in [1.807, 2.05) is 6.92 Å². The summed E-state index contributed by atoms with van der Waals surface area (Å²) in [6.07, 6.45) is 1.65. The van der Waals surface area contributed by atoms with E-state index in [0.29, 0.717) is 18.2 Å². The Bertz CT molecular complexity index is 699. The van der Waals surface area contributed by atoms with Crippen LogP contribution in [0.25, 0.3) is 0 Å². The molecule has 2 rings (SSSR count). The largest absolute Gasteiger partial charge is 0.369 e. The lowest BCUT2D eigenvalue weighted by Gasteiger charge is -2.08. The Morgan fingerprint density at radius 2 is 1.76 bits per heavy atom. The summed E-state index contributed by atoms with van der Waals surface area (Å²) in [5.74, 6) is 1.34. The first kappa shape index (κ1) is 15.4. The van der Waals surface area contributed by atoms with Gasteiger partial charge in [0.25, 0.3) is 0 Å². The number of rotatable bonds is 6. The molecule has 0 aliphatic carbocycles. The molecule has 6 nitrogen and oxygen atoms in total. The summed E-state index contributed by atoms with van der Waals surface area (Å²) in [5, 5.41) is 3.04. The van der Waals surface area contributed by atoms with E-state index in [4.69, 9.17) is 0 Å². The van der Waals surface area contributed by atoms with Gasteiger partial charge in [-0.3, -0.25) is 0 Å². The molecular weight excluding hydrogens is 288 g/mol. The van der Waals surface area contributed by atoms with Gasteiger partial charge in [-0.15, -0.1) is 0 Å². The number of hydrogen-bond donors (Lipinski definition) is 2. The zero-order valence-electron chi connectivity index (χ0n) is 12.0.